The molecule has 1 amide bonds. The molecule has 220 valence electrons. The van der Waals surface area contributed by atoms with Crippen molar-refractivity contribution in [2.45, 2.75) is 83.6 Å². The maximum Gasteiger partial charge on any atom is 0.290 e. The molecule has 1 saturated carbocycles. The van der Waals surface area contributed by atoms with E-state index in [1.807, 2.05) is 12.1 Å². The van der Waals surface area contributed by atoms with E-state index >= 15 is 0 Å². The van der Waals surface area contributed by atoms with Gasteiger partial charge in [-0.05, 0) is 73.1 Å². The van der Waals surface area contributed by atoms with Gasteiger partial charge in [0.05, 0.1) is 12.2 Å². The van der Waals surface area contributed by atoms with E-state index < -0.39 is 11.8 Å². The molecule has 3 aromatic rings. The number of ether oxygens (including phenoxy) is 1. The highest BCUT2D eigenvalue weighted by molar-refractivity contribution is 5.95. The summed E-state index contributed by atoms with van der Waals surface area (Å²) in [4.78, 5) is 23.2. The summed E-state index contributed by atoms with van der Waals surface area (Å²) < 4.78 is 5.94. The number of amides is 1. The van der Waals surface area contributed by atoms with Gasteiger partial charge in [-0.25, -0.2) is 0 Å². The van der Waals surface area contributed by atoms with E-state index in [2.05, 4.69) is 38.1 Å². The highest BCUT2D eigenvalue weighted by Gasteiger charge is 2.48. The quantitative estimate of drug-likeness (QED) is 0.114. The minimum Gasteiger partial charge on any atom is -0.493 e. The van der Waals surface area contributed by atoms with Crippen LogP contribution in [0.4, 0.5) is 0 Å². The Kier molecular flexibility index (Phi) is 12.4. The van der Waals surface area contributed by atoms with Crippen LogP contribution in [-0.2, 0) is 17.1 Å². The van der Waals surface area contributed by atoms with Gasteiger partial charge in [-0.3, -0.25) is 14.5 Å². The number of nitrogens with zero attached hydrogens (tertiary/aromatic N) is 1. The van der Waals surface area contributed by atoms with Crippen LogP contribution in [0.15, 0.2) is 72.8 Å². The number of carbonyl (C=O) groups excluding carboxylic acids is 1. The lowest BCUT2D eigenvalue weighted by atomic mass is 10.00. The van der Waals surface area contributed by atoms with E-state index in [0.29, 0.717) is 17.9 Å². The van der Waals surface area contributed by atoms with Gasteiger partial charge < -0.3 is 20.1 Å². The first-order chi connectivity index (χ1) is 19.9. The highest BCUT2D eigenvalue weighted by atomic mass is 16.5. The zero-order valence-electron chi connectivity index (χ0n) is 24.2. The molecule has 0 bridgehead atoms. The maximum atomic E-state index is 13.6. The zero-order valence-corrected chi connectivity index (χ0v) is 24.2. The molecule has 0 spiro atoms. The van der Waals surface area contributed by atoms with Gasteiger partial charge in [0.25, 0.3) is 18.3 Å². The van der Waals surface area contributed by atoms with Crippen molar-refractivity contribution < 1.29 is 29.6 Å². The Hall–Kier alpha value is -3.68. The molecular weight excluding hydrogens is 518 g/mol. The lowest BCUT2D eigenvalue weighted by Gasteiger charge is -2.36. The molecule has 0 aromatic heterocycles. The van der Waals surface area contributed by atoms with E-state index in [0.717, 1.165) is 56.1 Å². The minimum absolute atomic E-state index is 0.190. The second kappa shape index (κ2) is 15.9. The van der Waals surface area contributed by atoms with E-state index in [9.17, 15) is 15.0 Å². The molecule has 41 heavy (non-hydrogen) atoms. The molecule has 1 aliphatic carbocycles. The van der Waals surface area contributed by atoms with E-state index in [-0.39, 0.29) is 18.1 Å². The van der Waals surface area contributed by atoms with Crippen LogP contribution in [0.2, 0.25) is 0 Å². The van der Waals surface area contributed by atoms with Crippen LogP contribution in [0, 0.1) is 0 Å². The summed E-state index contributed by atoms with van der Waals surface area (Å²) in [5.74, 6) is -2.49. The normalized spacial score (nSPS) is 12.7. The Morgan fingerprint density at radius 3 is 2.05 bits per heavy atom. The average Bonchev–Trinajstić information content (AvgIpc) is 3.82. The largest absolute Gasteiger partial charge is 0.493 e. The van der Waals surface area contributed by atoms with Gasteiger partial charge in [0.2, 0.25) is 0 Å². The summed E-state index contributed by atoms with van der Waals surface area (Å²) in [7, 11) is 0. The van der Waals surface area contributed by atoms with Crippen LogP contribution in [0.25, 0.3) is 11.1 Å². The van der Waals surface area contributed by atoms with Crippen molar-refractivity contribution >= 4 is 12.4 Å². The molecule has 0 atom stereocenters. The number of benzene rings is 3. The number of hydrogen-bond acceptors (Lipinski definition) is 5. The molecule has 3 aromatic carbocycles. The van der Waals surface area contributed by atoms with Gasteiger partial charge in [-0.1, -0.05) is 88.1 Å². The molecule has 0 heterocycles. The van der Waals surface area contributed by atoms with Gasteiger partial charge >= 0.3 is 0 Å². The maximum absolute atomic E-state index is 13.6. The Morgan fingerprint density at radius 1 is 0.878 bits per heavy atom. The van der Waals surface area contributed by atoms with Crippen molar-refractivity contribution in [1.82, 2.24) is 4.90 Å². The second-order valence-electron chi connectivity index (χ2n) is 10.4. The first-order valence-corrected chi connectivity index (χ1v) is 14.6. The van der Waals surface area contributed by atoms with Crippen molar-refractivity contribution in [3.8, 4) is 16.9 Å². The topological polar surface area (TPSA) is 107 Å². The number of unbranched alkanes of at least 4 members (excludes halogenated alkanes) is 4. The van der Waals surface area contributed by atoms with Gasteiger partial charge in [-0.15, -0.1) is 0 Å². The monoisotopic (exact) mass is 561 g/mol. The summed E-state index contributed by atoms with van der Waals surface area (Å²) in [6.07, 6.45) is 9.14. The van der Waals surface area contributed by atoms with Gasteiger partial charge in [0.15, 0.2) is 0 Å². The van der Waals surface area contributed by atoms with Crippen LogP contribution in [-0.4, -0.2) is 45.2 Å². The standard InChI is InChI=1S/C33H41NO4.CH2O2/c1-3-5-7-10-24-38-31-13-9-8-12-30(31)33(36,37)34(29-22-23-29)32(35)28-20-18-27(19-21-28)26-16-14-25(15-17-26)11-6-4-2;2-1-3/h8-9,12-21,29,36-37H,3-7,10-11,22-24H2,1-2H3;1H,(H,2,3). The summed E-state index contributed by atoms with van der Waals surface area (Å²) in [5.41, 5.74) is 4.05. The number of hydrogen-bond donors (Lipinski definition) is 3. The molecule has 4 rings (SSSR count). The number of rotatable bonds is 14. The number of carbonyl (C=O) groups is 2. The van der Waals surface area contributed by atoms with Crippen LogP contribution >= 0.6 is 0 Å². The SMILES string of the molecule is CCCCCCOc1ccccc1C(O)(O)N(C(=O)c1ccc(-c2ccc(CCCC)cc2)cc1)C1CC1.O=CO. The third-order valence-electron chi connectivity index (χ3n) is 7.21. The van der Waals surface area contributed by atoms with Crippen LogP contribution in [0.1, 0.15) is 86.7 Å². The molecule has 7 nitrogen and oxygen atoms in total. The number of carboxylic acid groups (broad SMARTS) is 1. The molecule has 1 aliphatic rings. The van der Waals surface area contributed by atoms with Crippen molar-refractivity contribution in [2.75, 3.05) is 6.61 Å². The fourth-order valence-electron chi connectivity index (χ4n) is 4.79. The highest BCUT2D eigenvalue weighted by Crippen LogP contribution is 2.40. The molecule has 0 aliphatic heterocycles. The molecule has 7 heteroatoms. The molecule has 1 fully saturated rings. The van der Waals surface area contributed by atoms with E-state index in [1.165, 1.54) is 23.3 Å². The first-order valence-electron chi connectivity index (χ1n) is 14.6. The zero-order chi connectivity index (χ0) is 29.7. The lowest BCUT2D eigenvalue weighted by molar-refractivity contribution is -0.259. The van der Waals surface area contributed by atoms with Crippen molar-refractivity contribution in [1.29, 1.82) is 0 Å². The third kappa shape index (κ3) is 8.90. The summed E-state index contributed by atoms with van der Waals surface area (Å²) >= 11 is 0. The Labute approximate surface area is 243 Å². The fraction of sp³-hybridized carbons (Fsp3) is 0.412. The first kappa shape index (κ1) is 31.8. The third-order valence-corrected chi connectivity index (χ3v) is 7.21. The summed E-state index contributed by atoms with van der Waals surface area (Å²) in [6.45, 7) is 4.59. The molecular formula is C34H43NO6. The number of aryl methyl sites for hydroxylation is 1. The van der Waals surface area contributed by atoms with E-state index in [4.69, 9.17) is 14.6 Å². The van der Waals surface area contributed by atoms with Gasteiger partial charge in [0, 0.05) is 11.6 Å². The van der Waals surface area contributed by atoms with Gasteiger partial charge in [-0.2, -0.15) is 0 Å². The number of para-hydroxylation sites is 1. The number of aliphatic hydroxyl groups is 2. The van der Waals surface area contributed by atoms with E-state index in [1.54, 1.807) is 36.4 Å². The fourth-order valence-corrected chi connectivity index (χ4v) is 4.79. The molecule has 3 N–H and O–H groups in total. The summed E-state index contributed by atoms with van der Waals surface area (Å²) in [6, 6.07) is 22.6. The minimum atomic E-state index is -2.48. The Bertz CT molecular complexity index is 1220. The van der Waals surface area contributed by atoms with Gasteiger partial charge in [0.1, 0.15) is 5.75 Å². The van der Waals surface area contributed by atoms with Crippen molar-refractivity contribution in [3.63, 3.8) is 0 Å². The van der Waals surface area contributed by atoms with Crippen LogP contribution in [0.3, 0.4) is 0 Å². The smallest absolute Gasteiger partial charge is 0.290 e. The summed E-state index contributed by atoms with van der Waals surface area (Å²) in [5, 5.41) is 29.7. The molecule has 0 radical (unpaired) electrons. The average molecular weight is 562 g/mol. The Morgan fingerprint density at radius 2 is 1.46 bits per heavy atom. The Balaban J connectivity index is 0.00000147. The van der Waals surface area contributed by atoms with Crippen molar-refractivity contribution in [2.24, 2.45) is 0 Å². The van der Waals surface area contributed by atoms with Crippen LogP contribution in [0.5, 0.6) is 5.75 Å². The predicted molar refractivity (Wildman–Crippen MR) is 161 cm³/mol. The second-order valence-corrected chi connectivity index (χ2v) is 10.4. The lowest BCUT2D eigenvalue weighted by Crippen LogP contribution is -2.51. The van der Waals surface area contributed by atoms with Crippen molar-refractivity contribution in [3.05, 3.63) is 89.5 Å². The van der Waals surface area contributed by atoms with Crippen LogP contribution < -0.4 is 4.74 Å². The predicted octanol–water partition coefficient (Wildman–Crippen LogP) is 6.76. The molecule has 0 saturated heterocycles. The molecule has 0 unspecified atom stereocenters.